The first-order chi connectivity index (χ1) is 13.7. The van der Waals surface area contributed by atoms with Gasteiger partial charge in [0.05, 0.1) is 33.2 Å². The molecular formula is C21H20N4O3. The first kappa shape index (κ1) is 17.7. The molecule has 0 spiro atoms. The fourth-order valence-electron chi connectivity index (χ4n) is 3.09. The van der Waals surface area contributed by atoms with Crippen LogP contribution in [0.15, 0.2) is 61.1 Å². The van der Waals surface area contributed by atoms with Gasteiger partial charge in [-0.05, 0) is 30.3 Å². The topological polar surface area (TPSA) is 69.9 Å². The molecule has 0 radical (unpaired) electrons. The molecule has 0 atom stereocenters. The summed E-state index contributed by atoms with van der Waals surface area (Å²) in [6.45, 7) is 0. The van der Waals surface area contributed by atoms with E-state index in [9.17, 15) is 0 Å². The number of nitrogens with zero attached hydrogens (tertiary/aromatic N) is 3. The Morgan fingerprint density at radius 1 is 0.893 bits per heavy atom. The van der Waals surface area contributed by atoms with E-state index in [1.165, 1.54) is 0 Å². The number of hydrogen-bond donors (Lipinski definition) is 1. The summed E-state index contributed by atoms with van der Waals surface area (Å²) < 4.78 is 18.2. The van der Waals surface area contributed by atoms with Crippen molar-refractivity contribution >= 4 is 17.2 Å². The zero-order valence-corrected chi connectivity index (χ0v) is 15.8. The molecule has 1 N–H and O–H groups in total. The number of ether oxygens (including phenoxy) is 3. The van der Waals surface area contributed by atoms with E-state index in [0.29, 0.717) is 11.5 Å². The van der Waals surface area contributed by atoms with E-state index >= 15 is 0 Å². The second-order valence-electron chi connectivity index (χ2n) is 6.01. The van der Waals surface area contributed by atoms with E-state index in [-0.39, 0.29) is 0 Å². The van der Waals surface area contributed by atoms with E-state index in [1.807, 2.05) is 53.1 Å². The fourth-order valence-corrected chi connectivity index (χ4v) is 3.09. The number of hydrogen-bond acceptors (Lipinski definition) is 6. The summed E-state index contributed by atoms with van der Waals surface area (Å²) in [4.78, 5) is 8.95. The Labute approximate surface area is 162 Å². The highest BCUT2D eigenvalue weighted by molar-refractivity contribution is 5.81. The largest absolute Gasteiger partial charge is 0.495 e. The molecule has 0 aliphatic heterocycles. The van der Waals surface area contributed by atoms with Crippen LogP contribution >= 0.6 is 0 Å². The smallest absolute Gasteiger partial charge is 0.161 e. The molecule has 0 aliphatic carbocycles. The third-order valence-electron chi connectivity index (χ3n) is 4.45. The summed E-state index contributed by atoms with van der Waals surface area (Å²) in [5.41, 5.74) is 3.22. The van der Waals surface area contributed by atoms with Crippen LogP contribution < -0.4 is 19.5 Å². The van der Waals surface area contributed by atoms with Gasteiger partial charge in [0.2, 0.25) is 0 Å². The monoisotopic (exact) mass is 376 g/mol. The van der Waals surface area contributed by atoms with E-state index in [4.69, 9.17) is 19.2 Å². The lowest BCUT2D eigenvalue weighted by atomic mass is 10.1. The number of rotatable bonds is 6. The second-order valence-corrected chi connectivity index (χ2v) is 6.01. The number of aromatic nitrogens is 3. The van der Waals surface area contributed by atoms with Crippen molar-refractivity contribution in [3.63, 3.8) is 0 Å². The van der Waals surface area contributed by atoms with Gasteiger partial charge < -0.3 is 19.5 Å². The zero-order valence-electron chi connectivity index (χ0n) is 15.8. The average Bonchev–Trinajstić information content (AvgIpc) is 3.12. The Morgan fingerprint density at radius 2 is 1.68 bits per heavy atom. The van der Waals surface area contributed by atoms with E-state index in [1.54, 1.807) is 33.7 Å². The minimum Gasteiger partial charge on any atom is -0.495 e. The van der Waals surface area contributed by atoms with E-state index < -0.39 is 0 Å². The number of nitrogens with one attached hydrogen (secondary N) is 1. The predicted octanol–water partition coefficient (Wildman–Crippen LogP) is 4.17. The molecule has 0 saturated carbocycles. The molecule has 7 heteroatoms. The number of fused-ring (bicyclic) bond motifs is 1. The maximum absolute atomic E-state index is 5.48. The van der Waals surface area contributed by atoms with Crippen molar-refractivity contribution in [2.75, 3.05) is 26.6 Å². The standard InChI is InChI=1S/C21H20N4O3/c1-26-16-7-5-4-6-15(16)23-21-20(24-19-13-22-10-11-25(19)21)14-8-9-17(27-2)18(12-14)28-3/h4-13,23H,1-3H3. The SMILES string of the molecule is COc1ccccc1Nc1c(-c2ccc(OC)c(OC)c2)nc2cnccn12. The van der Waals surface area contributed by atoms with E-state index in [0.717, 1.165) is 34.2 Å². The second kappa shape index (κ2) is 7.48. The molecule has 7 nitrogen and oxygen atoms in total. The average molecular weight is 376 g/mol. The Bertz CT molecular complexity index is 1120. The van der Waals surface area contributed by atoms with Gasteiger partial charge in [0.1, 0.15) is 17.3 Å². The van der Waals surface area contributed by atoms with Gasteiger partial charge in [0.15, 0.2) is 17.1 Å². The molecule has 0 unspecified atom stereocenters. The van der Waals surface area contributed by atoms with Crippen molar-refractivity contribution in [1.29, 1.82) is 0 Å². The van der Waals surface area contributed by atoms with Crippen LogP contribution in [0.25, 0.3) is 16.9 Å². The molecule has 0 bridgehead atoms. The van der Waals surface area contributed by atoms with Gasteiger partial charge in [0.25, 0.3) is 0 Å². The van der Waals surface area contributed by atoms with Crippen molar-refractivity contribution in [2.24, 2.45) is 0 Å². The van der Waals surface area contributed by atoms with Crippen molar-refractivity contribution < 1.29 is 14.2 Å². The van der Waals surface area contributed by atoms with Crippen molar-refractivity contribution in [3.8, 4) is 28.5 Å². The number of para-hydroxylation sites is 2. The van der Waals surface area contributed by atoms with Crippen LogP contribution in [0.5, 0.6) is 17.2 Å². The number of imidazole rings is 1. The minimum atomic E-state index is 0.637. The highest BCUT2D eigenvalue weighted by Crippen LogP contribution is 2.37. The first-order valence-electron chi connectivity index (χ1n) is 8.69. The highest BCUT2D eigenvalue weighted by atomic mass is 16.5. The van der Waals surface area contributed by atoms with Gasteiger partial charge >= 0.3 is 0 Å². The number of methoxy groups -OCH3 is 3. The first-order valence-corrected chi connectivity index (χ1v) is 8.69. The van der Waals surface area contributed by atoms with Crippen LogP contribution in [-0.4, -0.2) is 35.7 Å². The predicted molar refractivity (Wildman–Crippen MR) is 108 cm³/mol. The number of benzene rings is 2. The minimum absolute atomic E-state index is 0.637. The lowest BCUT2D eigenvalue weighted by Gasteiger charge is -2.13. The summed E-state index contributed by atoms with van der Waals surface area (Å²) in [5, 5.41) is 3.46. The van der Waals surface area contributed by atoms with E-state index in [2.05, 4.69) is 10.3 Å². The summed E-state index contributed by atoms with van der Waals surface area (Å²) in [6, 6.07) is 13.5. The van der Waals surface area contributed by atoms with Crippen LogP contribution in [0.1, 0.15) is 0 Å². The molecule has 0 aliphatic rings. The van der Waals surface area contributed by atoms with Crippen LogP contribution in [0, 0.1) is 0 Å². The number of anilines is 2. The Balaban J connectivity index is 1.89. The lowest BCUT2D eigenvalue weighted by molar-refractivity contribution is 0.355. The Kier molecular flexibility index (Phi) is 4.72. The quantitative estimate of drug-likeness (QED) is 0.545. The molecule has 0 fully saturated rings. The van der Waals surface area contributed by atoms with Crippen LogP contribution in [0.2, 0.25) is 0 Å². The maximum atomic E-state index is 5.48. The molecule has 0 saturated heterocycles. The summed E-state index contributed by atoms with van der Waals surface area (Å²) >= 11 is 0. The zero-order chi connectivity index (χ0) is 19.5. The normalized spacial score (nSPS) is 10.7. The third kappa shape index (κ3) is 3.07. The highest BCUT2D eigenvalue weighted by Gasteiger charge is 2.17. The molecule has 28 heavy (non-hydrogen) atoms. The molecule has 0 amide bonds. The molecule has 4 aromatic rings. The molecule has 2 aromatic heterocycles. The van der Waals surface area contributed by atoms with Crippen LogP contribution in [-0.2, 0) is 0 Å². The van der Waals surface area contributed by atoms with Crippen molar-refractivity contribution in [3.05, 3.63) is 61.1 Å². The summed E-state index contributed by atoms with van der Waals surface area (Å²) in [7, 11) is 4.88. The van der Waals surface area contributed by atoms with Gasteiger partial charge in [-0.15, -0.1) is 0 Å². The van der Waals surface area contributed by atoms with Gasteiger partial charge in [-0.1, -0.05) is 12.1 Å². The van der Waals surface area contributed by atoms with Crippen LogP contribution in [0.3, 0.4) is 0 Å². The van der Waals surface area contributed by atoms with Gasteiger partial charge in [-0.25, -0.2) is 4.98 Å². The van der Waals surface area contributed by atoms with Crippen molar-refractivity contribution in [1.82, 2.24) is 14.4 Å². The van der Waals surface area contributed by atoms with Crippen molar-refractivity contribution in [2.45, 2.75) is 0 Å². The Hall–Kier alpha value is -3.74. The lowest BCUT2D eigenvalue weighted by Crippen LogP contribution is -1.99. The maximum Gasteiger partial charge on any atom is 0.161 e. The molecule has 142 valence electrons. The summed E-state index contributed by atoms with van der Waals surface area (Å²) in [5.74, 6) is 2.84. The van der Waals surface area contributed by atoms with Crippen LogP contribution in [0.4, 0.5) is 11.5 Å². The molecule has 4 rings (SSSR count). The third-order valence-corrected chi connectivity index (χ3v) is 4.45. The molecule has 2 heterocycles. The Morgan fingerprint density at radius 3 is 2.46 bits per heavy atom. The molecular weight excluding hydrogens is 356 g/mol. The summed E-state index contributed by atoms with van der Waals surface area (Å²) in [6.07, 6.45) is 5.31. The van der Waals surface area contributed by atoms with Gasteiger partial charge in [-0.3, -0.25) is 9.38 Å². The fraction of sp³-hybridized carbons (Fsp3) is 0.143. The van der Waals surface area contributed by atoms with Gasteiger partial charge in [0, 0.05) is 18.0 Å². The molecule has 2 aromatic carbocycles. The van der Waals surface area contributed by atoms with Gasteiger partial charge in [-0.2, -0.15) is 0 Å².